The highest BCUT2D eigenvalue weighted by Gasteiger charge is 2.51. The Morgan fingerprint density at radius 3 is 2.80 bits per heavy atom. The second-order valence-corrected chi connectivity index (χ2v) is 7.89. The summed E-state index contributed by atoms with van der Waals surface area (Å²) in [4.78, 5) is 7.18. The molecular formula is C17H27N3. The van der Waals surface area contributed by atoms with Crippen LogP contribution in [0, 0.1) is 10.8 Å². The van der Waals surface area contributed by atoms with Gasteiger partial charge < -0.3 is 5.73 Å². The van der Waals surface area contributed by atoms with Gasteiger partial charge in [-0.2, -0.15) is 0 Å². The molecule has 0 amide bonds. The molecule has 2 bridgehead atoms. The third kappa shape index (κ3) is 2.49. The van der Waals surface area contributed by atoms with E-state index in [-0.39, 0.29) is 6.04 Å². The molecule has 1 saturated heterocycles. The van der Waals surface area contributed by atoms with Gasteiger partial charge in [-0.05, 0) is 42.2 Å². The molecule has 3 heteroatoms. The van der Waals surface area contributed by atoms with Gasteiger partial charge in [0.15, 0.2) is 0 Å². The van der Waals surface area contributed by atoms with E-state index in [4.69, 9.17) is 5.73 Å². The fourth-order valence-corrected chi connectivity index (χ4v) is 4.87. The lowest BCUT2D eigenvalue weighted by molar-refractivity contribution is 0.117. The van der Waals surface area contributed by atoms with Crippen molar-refractivity contribution in [1.29, 1.82) is 0 Å². The molecule has 2 heterocycles. The first-order chi connectivity index (χ1) is 9.42. The standard InChI is InChI=1S/C17H27N3/c1-16(2)8-13-9-17(3,11-16)12-20(13)15(10-18)14-6-4-5-7-19-14/h4-7,13,15H,8-12,18H2,1-3H3. The van der Waals surface area contributed by atoms with Crippen molar-refractivity contribution in [2.75, 3.05) is 13.1 Å². The van der Waals surface area contributed by atoms with E-state index < -0.39 is 0 Å². The molecule has 20 heavy (non-hydrogen) atoms. The van der Waals surface area contributed by atoms with E-state index in [1.54, 1.807) is 0 Å². The normalized spacial score (nSPS) is 34.1. The average molecular weight is 273 g/mol. The molecule has 1 saturated carbocycles. The zero-order chi connectivity index (χ0) is 14.4. The van der Waals surface area contributed by atoms with Gasteiger partial charge in [-0.25, -0.2) is 0 Å². The van der Waals surface area contributed by atoms with E-state index in [0.29, 0.717) is 23.4 Å². The van der Waals surface area contributed by atoms with Crippen LogP contribution in [0.3, 0.4) is 0 Å². The topological polar surface area (TPSA) is 42.1 Å². The van der Waals surface area contributed by atoms with Gasteiger partial charge in [0.25, 0.3) is 0 Å². The molecule has 1 aromatic heterocycles. The maximum Gasteiger partial charge on any atom is 0.0647 e. The molecule has 1 aromatic rings. The number of hydrogen-bond donors (Lipinski definition) is 1. The maximum atomic E-state index is 6.10. The van der Waals surface area contributed by atoms with Crippen molar-refractivity contribution in [2.45, 2.75) is 52.1 Å². The quantitative estimate of drug-likeness (QED) is 0.920. The summed E-state index contributed by atoms with van der Waals surface area (Å²) in [5, 5.41) is 0. The van der Waals surface area contributed by atoms with Crippen molar-refractivity contribution in [3.63, 3.8) is 0 Å². The number of fused-ring (bicyclic) bond motifs is 2. The van der Waals surface area contributed by atoms with Crippen LogP contribution in [0.4, 0.5) is 0 Å². The van der Waals surface area contributed by atoms with Crippen molar-refractivity contribution in [3.05, 3.63) is 30.1 Å². The SMILES string of the molecule is CC1(C)CC2CC(C)(CN2C(CN)c2ccccn2)C1. The Labute approximate surface area is 122 Å². The van der Waals surface area contributed by atoms with Crippen LogP contribution in [-0.2, 0) is 0 Å². The summed E-state index contributed by atoms with van der Waals surface area (Å²) in [6.45, 7) is 9.11. The van der Waals surface area contributed by atoms with Crippen LogP contribution < -0.4 is 5.73 Å². The first kappa shape index (κ1) is 14.0. The highest BCUT2D eigenvalue weighted by molar-refractivity contribution is 5.13. The first-order valence-corrected chi connectivity index (χ1v) is 7.79. The Kier molecular flexibility index (Phi) is 3.38. The molecular weight excluding hydrogens is 246 g/mol. The monoisotopic (exact) mass is 273 g/mol. The fourth-order valence-electron chi connectivity index (χ4n) is 4.87. The van der Waals surface area contributed by atoms with Gasteiger partial charge in [-0.3, -0.25) is 9.88 Å². The van der Waals surface area contributed by atoms with E-state index >= 15 is 0 Å². The van der Waals surface area contributed by atoms with Crippen molar-refractivity contribution in [3.8, 4) is 0 Å². The molecule has 3 rings (SSSR count). The molecule has 1 aliphatic heterocycles. The van der Waals surface area contributed by atoms with Gasteiger partial charge in [-0.1, -0.05) is 26.8 Å². The summed E-state index contributed by atoms with van der Waals surface area (Å²) >= 11 is 0. The van der Waals surface area contributed by atoms with Gasteiger partial charge >= 0.3 is 0 Å². The van der Waals surface area contributed by atoms with Gasteiger partial charge in [0.2, 0.25) is 0 Å². The number of aromatic nitrogens is 1. The van der Waals surface area contributed by atoms with E-state index in [0.717, 1.165) is 5.69 Å². The van der Waals surface area contributed by atoms with Gasteiger partial charge in [0, 0.05) is 25.3 Å². The van der Waals surface area contributed by atoms with E-state index in [1.165, 1.54) is 25.8 Å². The zero-order valence-corrected chi connectivity index (χ0v) is 13.0. The van der Waals surface area contributed by atoms with Crippen molar-refractivity contribution >= 4 is 0 Å². The van der Waals surface area contributed by atoms with Crippen LogP contribution >= 0.6 is 0 Å². The smallest absolute Gasteiger partial charge is 0.0647 e. The Hall–Kier alpha value is -0.930. The molecule has 0 radical (unpaired) electrons. The summed E-state index contributed by atoms with van der Waals surface area (Å²) < 4.78 is 0. The Morgan fingerprint density at radius 2 is 2.15 bits per heavy atom. The molecule has 1 aliphatic carbocycles. The lowest BCUT2D eigenvalue weighted by Gasteiger charge is -2.40. The van der Waals surface area contributed by atoms with Crippen LogP contribution in [0.1, 0.15) is 51.8 Å². The molecule has 0 spiro atoms. The van der Waals surface area contributed by atoms with E-state index in [1.807, 2.05) is 12.3 Å². The van der Waals surface area contributed by atoms with Crippen LogP contribution in [0.15, 0.2) is 24.4 Å². The van der Waals surface area contributed by atoms with Crippen LogP contribution in [-0.4, -0.2) is 29.0 Å². The van der Waals surface area contributed by atoms with E-state index in [9.17, 15) is 0 Å². The predicted octanol–water partition coefficient (Wildman–Crippen LogP) is 2.98. The predicted molar refractivity (Wildman–Crippen MR) is 82.3 cm³/mol. The van der Waals surface area contributed by atoms with Gasteiger partial charge in [0.1, 0.15) is 0 Å². The van der Waals surface area contributed by atoms with Crippen LogP contribution in [0.25, 0.3) is 0 Å². The summed E-state index contributed by atoms with van der Waals surface area (Å²) in [7, 11) is 0. The van der Waals surface area contributed by atoms with Crippen molar-refractivity contribution in [1.82, 2.24) is 9.88 Å². The number of likely N-dealkylation sites (tertiary alicyclic amines) is 1. The minimum atomic E-state index is 0.275. The Morgan fingerprint density at radius 1 is 1.35 bits per heavy atom. The minimum Gasteiger partial charge on any atom is -0.329 e. The highest BCUT2D eigenvalue weighted by Crippen LogP contribution is 2.54. The van der Waals surface area contributed by atoms with Crippen molar-refractivity contribution < 1.29 is 0 Å². The maximum absolute atomic E-state index is 6.10. The lowest BCUT2D eigenvalue weighted by Crippen LogP contribution is -2.39. The molecule has 2 aliphatic rings. The summed E-state index contributed by atoms with van der Waals surface area (Å²) in [6.07, 6.45) is 5.81. The molecule has 0 aromatic carbocycles. The summed E-state index contributed by atoms with van der Waals surface area (Å²) in [5.74, 6) is 0. The molecule has 2 N–H and O–H groups in total. The van der Waals surface area contributed by atoms with Crippen LogP contribution in [0.5, 0.6) is 0 Å². The number of pyridine rings is 1. The third-order valence-electron chi connectivity index (χ3n) is 5.11. The summed E-state index contributed by atoms with van der Waals surface area (Å²) in [6, 6.07) is 7.10. The Bertz CT molecular complexity index is 470. The molecule has 110 valence electrons. The Balaban J connectivity index is 1.87. The van der Waals surface area contributed by atoms with Crippen molar-refractivity contribution in [2.24, 2.45) is 16.6 Å². The lowest BCUT2D eigenvalue weighted by atomic mass is 9.65. The van der Waals surface area contributed by atoms with Gasteiger partial charge in [0.05, 0.1) is 11.7 Å². The summed E-state index contributed by atoms with van der Waals surface area (Å²) in [5.41, 5.74) is 8.13. The van der Waals surface area contributed by atoms with Gasteiger partial charge in [-0.15, -0.1) is 0 Å². The minimum absolute atomic E-state index is 0.275. The second-order valence-electron chi connectivity index (χ2n) is 7.89. The number of rotatable bonds is 3. The third-order valence-corrected chi connectivity index (χ3v) is 5.11. The second kappa shape index (κ2) is 4.81. The molecule has 3 atom stereocenters. The molecule has 2 fully saturated rings. The first-order valence-electron chi connectivity index (χ1n) is 7.79. The molecule has 3 nitrogen and oxygen atoms in total. The van der Waals surface area contributed by atoms with E-state index in [2.05, 4.69) is 42.8 Å². The average Bonchev–Trinajstić information content (AvgIpc) is 2.61. The number of hydrogen-bond acceptors (Lipinski definition) is 3. The molecule has 3 unspecified atom stereocenters. The largest absolute Gasteiger partial charge is 0.329 e. The van der Waals surface area contributed by atoms with Crippen LogP contribution in [0.2, 0.25) is 0 Å². The number of nitrogens with two attached hydrogens (primary N) is 1. The highest BCUT2D eigenvalue weighted by atomic mass is 15.2. The number of nitrogens with zero attached hydrogens (tertiary/aromatic N) is 2. The zero-order valence-electron chi connectivity index (χ0n) is 13.0. The fraction of sp³-hybridized carbons (Fsp3) is 0.706.